The van der Waals surface area contributed by atoms with Crippen molar-refractivity contribution < 1.29 is 66.4 Å². The van der Waals surface area contributed by atoms with Gasteiger partial charge in [-0.15, -0.1) is 0 Å². The molecule has 1 aliphatic rings. The molecule has 2 amide bonds. The third-order valence-corrected chi connectivity index (χ3v) is 19.5. The third kappa shape index (κ3) is 26.6. The highest BCUT2D eigenvalue weighted by Gasteiger charge is 2.32. The Kier molecular flexibility index (Phi) is 35.8. The summed E-state index contributed by atoms with van der Waals surface area (Å²) in [6.45, 7) is 6.46. The molecular formula is C76H88N2O14P2. The molecule has 1 fully saturated rings. The summed E-state index contributed by atoms with van der Waals surface area (Å²) in [6.07, 6.45) is 5.41. The second-order valence-electron chi connectivity index (χ2n) is 21.3. The van der Waals surface area contributed by atoms with E-state index in [1.54, 1.807) is 28.4 Å². The first-order chi connectivity index (χ1) is 46.4. The first-order valence-electron chi connectivity index (χ1n) is 31.7. The van der Waals surface area contributed by atoms with Gasteiger partial charge in [-0.1, -0.05) is 145 Å². The lowest BCUT2D eigenvalue weighted by Crippen LogP contribution is -2.54. The van der Waals surface area contributed by atoms with Gasteiger partial charge in [0.05, 0.1) is 79.3 Å². The number of methoxy groups -OCH3 is 4. The molecule has 18 heteroatoms. The van der Waals surface area contributed by atoms with E-state index in [9.17, 15) is 0 Å². The molecule has 0 spiro atoms. The van der Waals surface area contributed by atoms with Crippen LogP contribution in [0.1, 0.15) is 94.3 Å². The zero-order valence-corrected chi connectivity index (χ0v) is 56.4. The summed E-state index contributed by atoms with van der Waals surface area (Å²) in [5.41, 5.74) is 4.61. The highest BCUT2D eigenvalue weighted by atomic mass is 31.1. The van der Waals surface area contributed by atoms with Crippen molar-refractivity contribution in [3.8, 4) is 47.4 Å². The Morgan fingerprint density at radius 3 is 0.872 bits per heavy atom. The van der Waals surface area contributed by atoms with E-state index in [4.69, 9.17) is 56.8 Å². The molecule has 6 aromatic rings. The summed E-state index contributed by atoms with van der Waals surface area (Å²) in [6, 6.07) is 48.1. The maximum Gasteiger partial charge on any atom is 0.252 e. The van der Waals surface area contributed by atoms with Gasteiger partial charge in [-0.3, -0.25) is 9.59 Å². The summed E-state index contributed by atoms with van der Waals surface area (Å²) in [5.74, 6) is 25.6. The van der Waals surface area contributed by atoms with E-state index >= 15 is 9.59 Å². The first-order valence-corrected chi connectivity index (χ1v) is 34.4. The van der Waals surface area contributed by atoms with Crippen molar-refractivity contribution in [1.29, 1.82) is 0 Å². The van der Waals surface area contributed by atoms with Gasteiger partial charge < -0.3 is 67.5 Å². The topological polar surface area (TPSA) is 169 Å². The molecule has 1 aliphatic carbocycles. The molecule has 94 heavy (non-hydrogen) atoms. The van der Waals surface area contributed by atoms with Crippen LogP contribution in [0.3, 0.4) is 0 Å². The second-order valence-corrected chi connectivity index (χ2v) is 25.6. The maximum absolute atomic E-state index is 15.1. The summed E-state index contributed by atoms with van der Waals surface area (Å²) < 4.78 is 64.0. The predicted octanol–water partition coefficient (Wildman–Crippen LogP) is 8.19. The molecule has 0 aromatic heterocycles. The molecule has 0 unspecified atom stereocenters. The van der Waals surface area contributed by atoms with Gasteiger partial charge in [0.15, 0.2) is 0 Å². The molecule has 16 nitrogen and oxygen atoms in total. The van der Waals surface area contributed by atoms with E-state index in [0.717, 1.165) is 66.9 Å². The molecule has 496 valence electrons. The third-order valence-electron chi connectivity index (χ3n) is 14.5. The minimum Gasteiger partial charge on any atom is -0.382 e. The second kappa shape index (κ2) is 45.3. The number of benzene rings is 6. The fourth-order valence-corrected chi connectivity index (χ4v) is 14.5. The van der Waals surface area contributed by atoms with Crippen molar-refractivity contribution in [3.05, 3.63) is 179 Å². The van der Waals surface area contributed by atoms with Crippen molar-refractivity contribution >= 4 is 59.5 Å². The Balaban J connectivity index is 1.10. The largest absolute Gasteiger partial charge is 0.382 e. The zero-order chi connectivity index (χ0) is 65.9. The zero-order valence-electron chi connectivity index (χ0n) is 54.6. The Bertz CT molecular complexity index is 3050. The van der Waals surface area contributed by atoms with Gasteiger partial charge in [0.1, 0.15) is 27.2 Å². The Hall–Kier alpha value is -7.12. The molecule has 0 aliphatic heterocycles. The van der Waals surface area contributed by atoms with Gasteiger partial charge in [-0.2, -0.15) is 0 Å². The molecule has 2 N–H and O–H groups in total. The average molecular weight is 1320 g/mol. The summed E-state index contributed by atoms with van der Waals surface area (Å²) in [7, 11) is 3.98. The minimum absolute atomic E-state index is 0.188. The number of carbonyl (C=O) groups excluding carboxylic acids is 2. The highest BCUT2D eigenvalue weighted by Crippen LogP contribution is 2.36. The summed E-state index contributed by atoms with van der Waals surface area (Å²) >= 11 is 0. The monoisotopic (exact) mass is 1310 g/mol. The van der Waals surface area contributed by atoms with Crippen LogP contribution in [-0.4, -0.2) is 159 Å². The van der Waals surface area contributed by atoms with Gasteiger partial charge in [-0.05, 0) is 121 Å². The molecular weight excluding hydrogens is 1230 g/mol. The van der Waals surface area contributed by atoms with Crippen LogP contribution < -0.4 is 42.5 Å². The van der Waals surface area contributed by atoms with Gasteiger partial charge >= 0.3 is 0 Å². The van der Waals surface area contributed by atoms with Crippen LogP contribution in [0, 0.1) is 47.4 Å². The molecule has 0 saturated heterocycles. The number of nitrogens with one attached hydrogen (secondary N) is 2. The van der Waals surface area contributed by atoms with Gasteiger partial charge in [-0.25, -0.2) is 0 Å². The Morgan fingerprint density at radius 2 is 0.606 bits per heavy atom. The first kappa shape index (κ1) is 74.3. The fraction of sp³-hybridized carbons (Fsp3) is 0.395. The highest BCUT2D eigenvalue weighted by molar-refractivity contribution is 7.80. The number of hydrogen-bond acceptors (Lipinski definition) is 14. The lowest BCUT2D eigenvalue weighted by Gasteiger charge is -2.33. The van der Waals surface area contributed by atoms with Crippen molar-refractivity contribution in [2.45, 2.75) is 63.5 Å². The van der Waals surface area contributed by atoms with Crippen LogP contribution in [0.5, 0.6) is 0 Å². The molecule has 7 rings (SSSR count). The SMILES string of the molecule is COCCOCOCCC#Cc1ccc(P(c2ccc(C#CCCOCOCCOC)cc2)c2ccccc2C(=O)N[C@@H]2CCCC[C@H]2NC(=O)c2ccccc2P(c2ccc(C#CCCOCOCCOC)cc2)c2ccc(C#CCCOCOCCOC)cc2)cc1. The Labute approximate surface area is 558 Å². The van der Waals surface area contributed by atoms with E-state index in [0.29, 0.717) is 129 Å². The number of carbonyl (C=O) groups is 2. The van der Waals surface area contributed by atoms with Crippen LogP contribution in [-0.2, 0) is 56.8 Å². The molecule has 0 radical (unpaired) electrons. The fourth-order valence-electron chi connectivity index (χ4n) is 9.75. The van der Waals surface area contributed by atoms with Crippen molar-refractivity contribution in [2.75, 3.05) is 135 Å². The number of rotatable bonds is 38. The van der Waals surface area contributed by atoms with Crippen molar-refractivity contribution in [1.82, 2.24) is 10.6 Å². The van der Waals surface area contributed by atoms with E-state index in [2.05, 4.69) is 119 Å². The van der Waals surface area contributed by atoms with Crippen LogP contribution >= 0.6 is 15.8 Å². The standard InChI is InChI=1S/C76H88N2O14P2/c1-81-49-53-89-57-85-45-15-11-19-61-29-37-65(38-30-61)93(66-39-31-62(32-40-66)20-12-16-46-86-58-90-54-50-82-2)73-27-9-5-23-69(73)75(79)77-71-25-7-8-26-72(71)78-76(80)70-24-6-10-28-74(70)94(67-41-33-63(34-42-67)21-13-17-47-87-59-91-55-51-83-3)68-43-35-64(36-44-68)22-14-18-48-88-60-92-56-52-84-4/h5-6,9-10,23-24,27-44,71-72H,7-8,15-18,25-26,45-60H2,1-4H3,(H,77,79)(H,78,80)/t71-,72-/m1/s1. The molecule has 2 atom stereocenters. The van der Waals surface area contributed by atoms with Crippen LogP contribution in [0.15, 0.2) is 146 Å². The average Bonchev–Trinajstić information content (AvgIpc) is 0.819. The lowest BCUT2D eigenvalue weighted by atomic mass is 9.89. The van der Waals surface area contributed by atoms with Crippen LogP contribution in [0.25, 0.3) is 0 Å². The number of hydrogen-bond donors (Lipinski definition) is 2. The summed E-state index contributed by atoms with van der Waals surface area (Å²) in [4.78, 5) is 30.2. The van der Waals surface area contributed by atoms with E-state index < -0.39 is 15.8 Å². The van der Waals surface area contributed by atoms with E-state index in [1.807, 2.05) is 84.9 Å². The van der Waals surface area contributed by atoms with Gasteiger partial charge in [0.2, 0.25) is 0 Å². The predicted molar refractivity (Wildman–Crippen MR) is 372 cm³/mol. The minimum atomic E-state index is -1.27. The quantitative estimate of drug-likeness (QED) is 0.0165. The van der Waals surface area contributed by atoms with Gasteiger partial charge in [0.25, 0.3) is 11.8 Å². The smallest absolute Gasteiger partial charge is 0.252 e. The van der Waals surface area contributed by atoms with Crippen molar-refractivity contribution in [3.63, 3.8) is 0 Å². The van der Waals surface area contributed by atoms with Crippen molar-refractivity contribution in [2.24, 2.45) is 0 Å². The normalized spacial score (nSPS) is 13.4. The molecule has 0 heterocycles. The molecule has 0 bridgehead atoms. The van der Waals surface area contributed by atoms with Crippen LogP contribution in [0.4, 0.5) is 0 Å². The maximum atomic E-state index is 15.1. The molecule has 1 saturated carbocycles. The number of amides is 2. The Morgan fingerprint density at radius 1 is 0.351 bits per heavy atom. The lowest BCUT2D eigenvalue weighted by molar-refractivity contribution is -0.0641. The van der Waals surface area contributed by atoms with Crippen LogP contribution in [0.2, 0.25) is 0 Å². The number of ether oxygens (including phenoxy) is 12. The summed E-state index contributed by atoms with van der Waals surface area (Å²) in [5, 5.41) is 12.9. The van der Waals surface area contributed by atoms with E-state index in [1.165, 1.54) is 0 Å². The van der Waals surface area contributed by atoms with Gasteiger partial charge in [0, 0.05) is 99.6 Å². The molecule has 6 aromatic carbocycles. The van der Waals surface area contributed by atoms with E-state index in [-0.39, 0.29) is 51.1 Å².